The fraction of sp³-hybridized carbons (Fsp3) is 0.520. The standard InChI is InChI=1S/C25H31O7P/c1-24(2)28-16-19(29-24)20-21-22(31-25(3,4)30-21)23(27-15-17-11-7-5-8-12-17)33(26,32-20)18-13-9-6-10-14-18/h5-14,19-23H,15-16H2,1-4H3/t19-,20-,21+,22+,23-,33+/m1/s1. The van der Waals surface area contributed by atoms with Gasteiger partial charge < -0.3 is 28.2 Å². The summed E-state index contributed by atoms with van der Waals surface area (Å²) in [6.07, 6.45) is -2.20. The van der Waals surface area contributed by atoms with E-state index in [9.17, 15) is 4.57 Å². The Morgan fingerprint density at radius 3 is 2.12 bits per heavy atom. The van der Waals surface area contributed by atoms with Crippen LogP contribution in [-0.2, 0) is 39.4 Å². The Balaban J connectivity index is 1.53. The van der Waals surface area contributed by atoms with Crippen molar-refractivity contribution in [2.45, 2.75) is 76.1 Å². The third-order valence-corrected chi connectivity index (χ3v) is 8.85. The van der Waals surface area contributed by atoms with Gasteiger partial charge in [0.1, 0.15) is 24.4 Å². The van der Waals surface area contributed by atoms with Gasteiger partial charge >= 0.3 is 0 Å². The highest BCUT2D eigenvalue weighted by Gasteiger charge is 2.63. The predicted molar refractivity (Wildman–Crippen MR) is 122 cm³/mol. The van der Waals surface area contributed by atoms with Crippen LogP contribution in [0.4, 0.5) is 0 Å². The van der Waals surface area contributed by atoms with Gasteiger partial charge in [-0.1, -0.05) is 48.5 Å². The Kier molecular flexibility index (Phi) is 6.03. The summed E-state index contributed by atoms with van der Waals surface area (Å²) in [7, 11) is -3.55. The molecule has 3 heterocycles. The Labute approximate surface area is 194 Å². The van der Waals surface area contributed by atoms with Gasteiger partial charge in [0.2, 0.25) is 0 Å². The maximum absolute atomic E-state index is 14.7. The number of hydrogen-bond donors (Lipinski definition) is 0. The van der Waals surface area contributed by atoms with Crippen molar-refractivity contribution < 1.29 is 32.8 Å². The molecule has 0 saturated carbocycles. The normalized spacial score (nSPS) is 37.0. The van der Waals surface area contributed by atoms with E-state index in [1.807, 2.05) is 88.4 Å². The average molecular weight is 474 g/mol. The first-order chi connectivity index (χ1) is 15.7. The summed E-state index contributed by atoms with van der Waals surface area (Å²) >= 11 is 0. The minimum Gasteiger partial charge on any atom is -0.360 e. The number of ether oxygens (including phenoxy) is 5. The van der Waals surface area contributed by atoms with Gasteiger partial charge in [-0.25, -0.2) is 0 Å². The molecule has 3 fully saturated rings. The van der Waals surface area contributed by atoms with Crippen LogP contribution in [0.1, 0.15) is 33.3 Å². The number of hydrogen-bond acceptors (Lipinski definition) is 7. The molecule has 0 aromatic heterocycles. The van der Waals surface area contributed by atoms with E-state index < -0.39 is 49.2 Å². The zero-order valence-corrected chi connectivity index (χ0v) is 20.3. The van der Waals surface area contributed by atoms with Crippen LogP contribution < -0.4 is 5.30 Å². The molecule has 2 aromatic carbocycles. The lowest BCUT2D eigenvalue weighted by Crippen LogP contribution is -2.55. The van der Waals surface area contributed by atoms with E-state index >= 15 is 0 Å². The molecule has 33 heavy (non-hydrogen) atoms. The molecule has 8 heteroatoms. The second-order valence-corrected chi connectivity index (χ2v) is 12.1. The fourth-order valence-corrected chi connectivity index (χ4v) is 7.36. The highest BCUT2D eigenvalue weighted by molar-refractivity contribution is 7.67. The maximum Gasteiger partial charge on any atom is 0.263 e. The lowest BCUT2D eigenvalue weighted by Gasteiger charge is -2.43. The van der Waals surface area contributed by atoms with Crippen molar-refractivity contribution in [2.24, 2.45) is 0 Å². The lowest BCUT2D eigenvalue weighted by atomic mass is 10.0. The molecule has 0 amide bonds. The van der Waals surface area contributed by atoms with E-state index in [0.29, 0.717) is 11.9 Å². The van der Waals surface area contributed by atoms with Crippen LogP contribution in [0.25, 0.3) is 0 Å². The van der Waals surface area contributed by atoms with Crippen LogP contribution in [-0.4, -0.2) is 48.4 Å². The third-order valence-electron chi connectivity index (χ3n) is 6.16. The summed E-state index contributed by atoms with van der Waals surface area (Å²) in [5, 5.41) is 0.581. The Hall–Kier alpha value is -1.57. The van der Waals surface area contributed by atoms with Crippen LogP contribution >= 0.6 is 7.37 Å². The van der Waals surface area contributed by atoms with E-state index in [1.54, 1.807) is 0 Å². The van der Waals surface area contributed by atoms with E-state index in [4.69, 9.17) is 28.2 Å². The minimum absolute atomic E-state index is 0.277. The largest absolute Gasteiger partial charge is 0.360 e. The molecular weight excluding hydrogens is 443 g/mol. The Morgan fingerprint density at radius 1 is 0.848 bits per heavy atom. The molecule has 178 valence electrons. The smallest absolute Gasteiger partial charge is 0.263 e. The first kappa shape index (κ1) is 23.2. The topological polar surface area (TPSA) is 72.5 Å². The quantitative estimate of drug-likeness (QED) is 0.602. The van der Waals surface area contributed by atoms with Crippen LogP contribution in [0.15, 0.2) is 60.7 Å². The van der Waals surface area contributed by atoms with Gasteiger partial charge in [-0.15, -0.1) is 0 Å². The average Bonchev–Trinajstić information content (AvgIpc) is 3.31. The van der Waals surface area contributed by atoms with Gasteiger partial charge in [-0.05, 0) is 45.4 Å². The number of benzene rings is 2. The van der Waals surface area contributed by atoms with Gasteiger partial charge in [-0.3, -0.25) is 4.57 Å². The molecule has 3 aliphatic heterocycles. The van der Waals surface area contributed by atoms with Crippen molar-refractivity contribution in [3.05, 3.63) is 66.2 Å². The minimum atomic E-state index is -3.55. The summed E-state index contributed by atoms with van der Waals surface area (Å²) in [4.78, 5) is 0. The highest BCUT2D eigenvalue weighted by Crippen LogP contribution is 2.61. The molecule has 5 rings (SSSR count). The highest BCUT2D eigenvalue weighted by atomic mass is 31.2. The second kappa shape index (κ2) is 8.58. The number of rotatable bonds is 5. The van der Waals surface area contributed by atoms with E-state index in [2.05, 4.69) is 0 Å². The van der Waals surface area contributed by atoms with Crippen molar-refractivity contribution in [1.82, 2.24) is 0 Å². The summed E-state index contributed by atoms with van der Waals surface area (Å²) in [6, 6.07) is 19.0. The molecular formula is C25H31O7P. The summed E-state index contributed by atoms with van der Waals surface area (Å²) in [6.45, 7) is 7.99. The lowest BCUT2D eigenvalue weighted by molar-refractivity contribution is -0.174. The Morgan fingerprint density at radius 2 is 1.48 bits per heavy atom. The molecule has 3 saturated heterocycles. The molecule has 0 spiro atoms. The second-order valence-electron chi connectivity index (χ2n) is 9.62. The van der Waals surface area contributed by atoms with Crippen LogP contribution in [0.3, 0.4) is 0 Å². The van der Waals surface area contributed by atoms with Crippen LogP contribution in [0.2, 0.25) is 0 Å². The van der Waals surface area contributed by atoms with Gasteiger partial charge in [0.15, 0.2) is 17.4 Å². The molecule has 0 N–H and O–H groups in total. The van der Waals surface area contributed by atoms with Crippen molar-refractivity contribution >= 4 is 12.7 Å². The van der Waals surface area contributed by atoms with Gasteiger partial charge in [0.25, 0.3) is 7.37 Å². The first-order valence-corrected chi connectivity index (χ1v) is 13.0. The van der Waals surface area contributed by atoms with E-state index in [-0.39, 0.29) is 6.61 Å². The number of fused-ring (bicyclic) bond motifs is 1. The summed E-state index contributed by atoms with van der Waals surface area (Å²) in [5.74, 6) is -2.47. The fourth-order valence-electron chi connectivity index (χ4n) is 4.74. The van der Waals surface area contributed by atoms with E-state index in [0.717, 1.165) is 5.56 Å². The predicted octanol–water partition coefficient (Wildman–Crippen LogP) is 4.20. The molecule has 0 unspecified atom stereocenters. The maximum atomic E-state index is 14.7. The van der Waals surface area contributed by atoms with Crippen molar-refractivity contribution in [1.29, 1.82) is 0 Å². The van der Waals surface area contributed by atoms with Crippen molar-refractivity contribution in [2.75, 3.05) is 6.61 Å². The first-order valence-electron chi connectivity index (χ1n) is 11.3. The molecule has 7 nitrogen and oxygen atoms in total. The van der Waals surface area contributed by atoms with Gasteiger partial charge in [-0.2, -0.15) is 0 Å². The summed E-state index contributed by atoms with van der Waals surface area (Å²) in [5.41, 5.74) is 0.975. The van der Waals surface area contributed by atoms with Crippen LogP contribution in [0, 0.1) is 0 Å². The zero-order valence-electron chi connectivity index (χ0n) is 19.4. The molecule has 0 radical (unpaired) electrons. The molecule has 3 aliphatic rings. The van der Waals surface area contributed by atoms with Gasteiger partial charge in [0, 0.05) is 5.30 Å². The zero-order chi connectivity index (χ0) is 23.3. The third kappa shape index (κ3) is 4.56. The molecule has 0 bridgehead atoms. The van der Waals surface area contributed by atoms with E-state index in [1.165, 1.54) is 0 Å². The van der Waals surface area contributed by atoms with Crippen molar-refractivity contribution in [3.8, 4) is 0 Å². The molecule has 0 aliphatic carbocycles. The monoisotopic (exact) mass is 474 g/mol. The van der Waals surface area contributed by atoms with Gasteiger partial charge in [0.05, 0.1) is 13.2 Å². The summed E-state index contributed by atoms with van der Waals surface area (Å²) < 4.78 is 52.0. The van der Waals surface area contributed by atoms with Crippen LogP contribution in [0.5, 0.6) is 0 Å². The Bertz CT molecular complexity index is 1010. The van der Waals surface area contributed by atoms with Crippen molar-refractivity contribution in [3.63, 3.8) is 0 Å². The molecule has 6 atom stereocenters. The molecule has 2 aromatic rings. The SMILES string of the molecule is CC1(C)O[C@H]2[C@@H]([C@H]3COC(C)(C)O3)O[P@@](=O)(c3ccccc3)[C@@H](OCc3ccccc3)[C@H]2O1.